The predicted octanol–water partition coefficient (Wildman–Crippen LogP) is 3.69. The Morgan fingerprint density at radius 1 is 1.25 bits per heavy atom. The van der Waals surface area contributed by atoms with Crippen molar-refractivity contribution < 1.29 is 19.1 Å². The zero-order valence-electron chi connectivity index (χ0n) is 13.1. The van der Waals surface area contributed by atoms with Crippen molar-refractivity contribution in [3.05, 3.63) is 58.5 Å². The van der Waals surface area contributed by atoms with Gasteiger partial charge in [-0.25, -0.2) is 4.79 Å². The van der Waals surface area contributed by atoms with Crippen molar-refractivity contribution >= 4 is 35.4 Å². The summed E-state index contributed by atoms with van der Waals surface area (Å²) in [6, 6.07) is 9.06. The van der Waals surface area contributed by atoms with Crippen LogP contribution in [0.25, 0.3) is 0 Å². The molecule has 0 aliphatic carbocycles. The number of benzene rings is 1. The van der Waals surface area contributed by atoms with Gasteiger partial charge in [0.25, 0.3) is 5.91 Å². The van der Waals surface area contributed by atoms with E-state index < -0.39 is 5.97 Å². The smallest absolute Gasteiger partial charge is 0.339 e. The van der Waals surface area contributed by atoms with Crippen LogP contribution in [0.1, 0.15) is 42.4 Å². The average Bonchev–Trinajstić information content (AvgIpc) is 3.22. The molecule has 0 atom stereocenters. The summed E-state index contributed by atoms with van der Waals surface area (Å²) in [7, 11) is 0. The molecular formula is C17H17NO4S2. The van der Waals surface area contributed by atoms with Crippen LogP contribution in [0.3, 0.4) is 0 Å². The molecule has 1 aliphatic heterocycles. The van der Waals surface area contributed by atoms with Crippen LogP contribution in [-0.4, -0.2) is 28.5 Å². The van der Waals surface area contributed by atoms with Crippen LogP contribution in [0.15, 0.2) is 34.7 Å². The molecule has 2 heterocycles. The summed E-state index contributed by atoms with van der Waals surface area (Å²) in [5.41, 5.74) is 1.93. The van der Waals surface area contributed by atoms with Crippen molar-refractivity contribution in [2.75, 3.05) is 11.5 Å². The third-order valence-electron chi connectivity index (χ3n) is 3.69. The number of thioether (sulfide) groups is 2. The van der Waals surface area contributed by atoms with Gasteiger partial charge >= 0.3 is 5.97 Å². The number of nitrogens with one attached hydrogen (secondary N) is 1. The van der Waals surface area contributed by atoms with E-state index in [1.807, 2.05) is 47.8 Å². The highest BCUT2D eigenvalue weighted by Gasteiger charge is 2.19. The van der Waals surface area contributed by atoms with Crippen molar-refractivity contribution in [1.29, 1.82) is 0 Å². The van der Waals surface area contributed by atoms with E-state index in [0.29, 0.717) is 21.7 Å². The fraction of sp³-hybridized carbons (Fsp3) is 0.294. The van der Waals surface area contributed by atoms with Crippen LogP contribution in [0, 0.1) is 6.92 Å². The maximum Gasteiger partial charge on any atom is 0.339 e. The van der Waals surface area contributed by atoms with Gasteiger partial charge in [-0.3, -0.25) is 4.79 Å². The van der Waals surface area contributed by atoms with E-state index in [1.54, 1.807) is 6.92 Å². The van der Waals surface area contributed by atoms with Crippen molar-refractivity contribution in [1.82, 2.24) is 5.32 Å². The molecule has 1 aromatic carbocycles. The molecular weight excluding hydrogens is 346 g/mol. The van der Waals surface area contributed by atoms with Gasteiger partial charge in [0.05, 0.1) is 11.1 Å². The first-order chi connectivity index (χ1) is 11.5. The first kappa shape index (κ1) is 17.0. The predicted molar refractivity (Wildman–Crippen MR) is 95.7 cm³/mol. The Balaban J connectivity index is 1.60. The largest absolute Gasteiger partial charge is 0.478 e. The Bertz CT molecular complexity index is 748. The third kappa shape index (κ3) is 3.79. The zero-order valence-corrected chi connectivity index (χ0v) is 14.7. The van der Waals surface area contributed by atoms with Gasteiger partial charge in [0, 0.05) is 17.1 Å². The lowest BCUT2D eigenvalue weighted by Crippen LogP contribution is -2.22. The Labute approximate surface area is 148 Å². The Morgan fingerprint density at radius 3 is 2.50 bits per heavy atom. The fourth-order valence-corrected chi connectivity index (χ4v) is 5.31. The normalized spacial score (nSPS) is 14.7. The molecule has 0 saturated carbocycles. The van der Waals surface area contributed by atoms with E-state index >= 15 is 0 Å². The molecule has 0 bridgehead atoms. The molecule has 1 aliphatic rings. The van der Waals surface area contributed by atoms with Gasteiger partial charge in [-0.15, -0.1) is 23.5 Å². The van der Waals surface area contributed by atoms with Crippen molar-refractivity contribution in [3.8, 4) is 0 Å². The van der Waals surface area contributed by atoms with Gasteiger partial charge in [0.1, 0.15) is 17.1 Å². The Morgan fingerprint density at radius 2 is 1.92 bits per heavy atom. The summed E-state index contributed by atoms with van der Waals surface area (Å²) >= 11 is 3.85. The highest BCUT2D eigenvalue weighted by molar-refractivity contribution is 8.19. The molecule has 5 nitrogen and oxygen atoms in total. The van der Waals surface area contributed by atoms with E-state index in [-0.39, 0.29) is 18.0 Å². The topological polar surface area (TPSA) is 79.5 Å². The number of carbonyl (C=O) groups is 2. The SMILES string of the molecule is Cc1oc(CNC(=O)c2ccc(C3SCCS3)cc2)cc1C(=O)O. The summed E-state index contributed by atoms with van der Waals surface area (Å²) in [6.45, 7) is 1.75. The van der Waals surface area contributed by atoms with Crippen LogP contribution in [0.5, 0.6) is 0 Å². The summed E-state index contributed by atoms with van der Waals surface area (Å²) in [5, 5.41) is 11.7. The first-order valence-electron chi connectivity index (χ1n) is 7.48. The highest BCUT2D eigenvalue weighted by atomic mass is 32.2. The highest BCUT2D eigenvalue weighted by Crippen LogP contribution is 2.45. The summed E-state index contributed by atoms with van der Waals surface area (Å²) < 4.78 is 5.81. The van der Waals surface area contributed by atoms with Gasteiger partial charge in [0.2, 0.25) is 0 Å². The van der Waals surface area contributed by atoms with E-state index in [1.165, 1.54) is 23.1 Å². The standard InChI is InChI=1S/C17H17NO4S2/c1-10-14(16(20)21)8-13(22-10)9-18-15(19)11-2-4-12(5-3-11)17-23-6-7-24-17/h2-5,8,17H,6-7,9H2,1H3,(H,18,19)(H,20,21). The monoisotopic (exact) mass is 363 g/mol. The number of carboxylic acid groups (broad SMARTS) is 1. The van der Waals surface area contributed by atoms with Gasteiger partial charge in [0.15, 0.2) is 0 Å². The molecule has 24 heavy (non-hydrogen) atoms. The molecule has 1 fully saturated rings. The number of aryl methyl sites for hydroxylation is 1. The summed E-state index contributed by atoms with van der Waals surface area (Å²) in [6.07, 6.45) is 0. The van der Waals surface area contributed by atoms with Gasteiger partial charge in [-0.1, -0.05) is 12.1 Å². The molecule has 2 aromatic rings. The third-order valence-corrected chi connectivity index (χ3v) is 6.79. The summed E-state index contributed by atoms with van der Waals surface area (Å²) in [5.74, 6) is 1.85. The number of rotatable bonds is 5. The fourth-order valence-electron chi connectivity index (χ4n) is 2.46. The zero-order chi connectivity index (χ0) is 17.1. The molecule has 0 spiro atoms. The molecule has 3 rings (SSSR count). The first-order valence-corrected chi connectivity index (χ1v) is 9.58. The number of hydrogen-bond acceptors (Lipinski definition) is 5. The molecule has 126 valence electrons. The quantitative estimate of drug-likeness (QED) is 0.843. The average molecular weight is 363 g/mol. The van der Waals surface area contributed by atoms with E-state index in [0.717, 1.165) is 0 Å². The molecule has 1 amide bonds. The minimum absolute atomic E-state index is 0.121. The number of furan rings is 1. The lowest BCUT2D eigenvalue weighted by atomic mass is 10.1. The van der Waals surface area contributed by atoms with Crippen LogP contribution >= 0.6 is 23.5 Å². The number of amides is 1. The lowest BCUT2D eigenvalue weighted by Gasteiger charge is -2.09. The van der Waals surface area contributed by atoms with Crippen molar-refractivity contribution in [2.24, 2.45) is 0 Å². The molecule has 2 N–H and O–H groups in total. The van der Waals surface area contributed by atoms with Crippen LogP contribution in [0.4, 0.5) is 0 Å². The molecule has 0 unspecified atom stereocenters. The van der Waals surface area contributed by atoms with Gasteiger partial charge < -0.3 is 14.8 Å². The van der Waals surface area contributed by atoms with Gasteiger partial charge in [-0.2, -0.15) is 0 Å². The van der Waals surface area contributed by atoms with E-state index in [9.17, 15) is 9.59 Å². The number of hydrogen-bond donors (Lipinski definition) is 2. The van der Waals surface area contributed by atoms with E-state index in [4.69, 9.17) is 9.52 Å². The second kappa shape index (κ2) is 7.36. The van der Waals surface area contributed by atoms with E-state index in [2.05, 4.69) is 5.32 Å². The van der Waals surface area contributed by atoms with Crippen LogP contribution in [0.2, 0.25) is 0 Å². The maximum atomic E-state index is 12.2. The molecule has 1 saturated heterocycles. The summed E-state index contributed by atoms with van der Waals surface area (Å²) in [4.78, 5) is 23.2. The number of carboxylic acids is 1. The van der Waals surface area contributed by atoms with Crippen molar-refractivity contribution in [2.45, 2.75) is 18.1 Å². The van der Waals surface area contributed by atoms with Crippen LogP contribution in [-0.2, 0) is 6.54 Å². The molecule has 7 heteroatoms. The molecule has 0 radical (unpaired) electrons. The second-order valence-corrected chi connectivity index (χ2v) is 8.09. The minimum Gasteiger partial charge on any atom is -0.478 e. The number of aromatic carboxylic acids is 1. The Kier molecular flexibility index (Phi) is 5.20. The Hall–Kier alpha value is -1.86. The maximum absolute atomic E-state index is 12.2. The molecule has 1 aromatic heterocycles. The van der Waals surface area contributed by atoms with Crippen molar-refractivity contribution in [3.63, 3.8) is 0 Å². The van der Waals surface area contributed by atoms with Crippen LogP contribution < -0.4 is 5.32 Å². The minimum atomic E-state index is -1.04. The van der Waals surface area contributed by atoms with Gasteiger partial charge in [-0.05, 0) is 30.7 Å². The number of carbonyl (C=O) groups excluding carboxylic acids is 1. The second-order valence-electron chi connectivity index (χ2n) is 5.37. The lowest BCUT2D eigenvalue weighted by molar-refractivity contribution is 0.0694.